The number of nitrogens with zero attached hydrogens (tertiary/aromatic N) is 3. The second-order valence-corrected chi connectivity index (χ2v) is 6.17. The molecule has 0 fully saturated rings. The average molecular weight is 336 g/mol. The monoisotopic (exact) mass is 336 g/mol. The zero-order chi connectivity index (χ0) is 18.1. The number of hydrogen-bond donors (Lipinski definition) is 1. The van der Waals surface area contributed by atoms with Crippen molar-refractivity contribution in [1.29, 1.82) is 0 Å². The Morgan fingerprint density at radius 2 is 1.88 bits per heavy atom. The summed E-state index contributed by atoms with van der Waals surface area (Å²) in [6.45, 7) is 7.08. The fourth-order valence-corrected chi connectivity index (χ4v) is 3.00. The maximum absolute atomic E-state index is 12.3. The number of nitrogens with one attached hydrogen (secondary N) is 1. The number of aromatic nitrogens is 3. The Labute approximate surface area is 145 Å². The molecule has 0 spiro atoms. The first-order valence-corrected chi connectivity index (χ1v) is 8.07. The van der Waals surface area contributed by atoms with Crippen LogP contribution in [0.1, 0.15) is 34.4 Å². The van der Waals surface area contributed by atoms with Gasteiger partial charge in [-0.25, -0.2) is 0 Å². The van der Waals surface area contributed by atoms with Crippen molar-refractivity contribution in [2.75, 3.05) is 5.32 Å². The molecule has 2 heterocycles. The first kappa shape index (κ1) is 16.8. The maximum atomic E-state index is 12.3. The van der Waals surface area contributed by atoms with Gasteiger partial charge in [0.15, 0.2) is 5.78 Å². The Morgan fingerprint density at radius 1 is 1.12 bits per heavy atom. The van der Waals surface area contributed by atoms with Gasteiger partial charge in [0, 0.05) is 22.5 Å². The standard InChI is InChI=1S/C19H20N4O2/c1-11-5-6-15-9-16(7-8-17(15)20-11)21-18(25)10-23-13(3)19(14(4)24)12(2)22-23/h5-9H,10H2,1-4H3,(H,21,25). The van der Waals surface area contributed by atoms with Crippen molar-refractivity contribution in [2.45, 2.75) is 34.2 Å². The molecule has 1 amide bonds. The lowest BCUT2D eigenvalue weighted by Gasteiger charge is -2.08. The van der Waals surface area contributed by atoms with Crippen LogP contribution in [0.2, 0.25) is 0 Å². The molecule has 0 radical (unpaired) electrons. The summed E-state index contributed by atoms with van der Waals surface area (Å²) in [6, 6.07) is 9.52. The molecule has 6 nitrogen and oxygen atoms in total. The molecule has 6 heteroatoms. The molecule has 25 heavy (non-hydrogen) atoms. The number of carbonyl (C=O) groups is 2. The average Bonchev–Trinajstić information content (AvgIpc) is 2.81. The van der Waals surface area contributed by atoms with Crippen molar-refractivity contribution in [2.24, 2.45) is 0 Å². The van der Waals surface area contributed by atoms with Crippen LogP contribution in [0.4, 0.5) is 5.69 Å². The van der Waals surface area contributed by atoms with E-state index in [2.05, 4.69) is 15.4 Å². The summed E-state index contributed by atoms with van der Waals surface area (Å²) in [4.78, 5) is 28.5. The number of rotatable bonds is 4. The van der Waals surface area contributed by atoms with E-state index in [0.29, 0.717) is 22.6 Å². The zero-order valence-corrected chi connectivity index (χ0v) is 14.8. The number of fused-ring (bicyclic) bond motifs is 1. The molecule has 0 saturated heterocycles. The number of amides is 1. The number of benzene rings is 1. The number of anilines is 1. The zero-order valence-electron chi connectivity index (χ0n) is 14.8. The number of carbonyl (C=O) groups excluding carboxylic acids is 2. The highest BCUT2D eigenvalue weighted by Gasteiger charge is 2.16. The minimum Gasteiger partial charge on any atom is -0.324 e. The second kappa shape index (κ2) is 6.47. The first-order valence-electron chi connectivity index (χ1n) is 8.07. The number of aryl methyl sites for hydroxylation is 2. The molecule has 1 N–H and O–H groups in total. The first-order chi connectivity index (χ1) is 11.8. The topological polar surface area (TPSA) is 76.9 Å². The summed E-state index contributed by atoms with van der Waals surface area (Å²) < 4.78 is 1.56. The quantitative estimate of drug-likeness (QED) is 0.742. The Kier molecular flexibility index (Phi) is 4.35. The Morgan fingerprint density at radius 3 is 2.56 bits per heavy atom. The number of pyridine rings is 1. The summed E-state index contributed by atoms with van der Waals surface area (Å²) in [5, 5.41) is 8.13. The lowest BCUT2D eigenvalue weighted by Crippen LogP contribution is -2.20. The van der Waals surface area contributed by atoms with Crippen molar-refractivity contribution in [1.82, 2.24) is 14.8 Å². The van der Waals surface area contributed by atoms with E-state index in [1.54, 1.807) is 18.5 Å². The van der Waals surface area contributed by atoms with Gasteiger partial charge in [0.1, 0.15) is 6.54 Å². The largest absolute Gasteiger partial charge is 0.324 e. The van der Waals surface area contributed by atoms with E-state index in [1.807, 2.05) is 37.3 Å². The normalized spacial score (nSPS) is 10.9. The van der Waals surface area contributed by atoms with Gasteiger partial charge in [-0.15, -0.1) is 0 Å². The molecule has 0 aliphatic heterocycles. The van der Waals surface area contributed by atoms with E-state index < -0.39 is 0 Å². The van der Waals surface area contributed by atoms with Crippen molar-refractivity contribution in [3.63, 3.8) is 0 Å². The van der Waals surface area contributed by atoms with E-state index in [1.165, 1.54) is 6.92 Å². The summed E-state index contributed by atoms with van der Waals surface area (Å²) in [7, 11) is 0. The molecule has 2 aromatic heterocycles. The third-order valence-corrected chi connectivity index (χ3v) is 4.14. The Hall–Kier alpha value is -3.02. The van der Waals surface area contributed by atoms with Gasteiger partial charge in [-0.3, -0.25) is 19.3 Å². The van der Waals surface area contributed by atoms with Gasteiger partial charge >= 0.3 is 0 Å². The van der Waals surface area contributed by atoms with Gasteiger partial charge in [0.25, 0.3) is 0 Å². The molecule has 3 aromatic rings. The predicted octanol–water partition coefficient (Wildman–Crippen LogP) is 3.20. The van der Waals surface area contributed by atoms with Crippen LogP contribution in [0.5, 0.6) is 0 Å². The van der Waals surface area contributed by atoms with Gasteiger partial charge in [-0.05, 0) is 52.0 Å². The van der Waals surface area contributed by atoms with Gasteiger partial charge in [0.2, 0.25) is 5.91 Å². The molecule has 3 rings (SSSR count). The van der Waals surface area contributed by atoms with Crippen LogP contribution < -0.4 is 5.32 Å². The smallest absolute Gasteiger partial charge is 0.246 e. The molecule has 128 valence electrons. The van der Waals surface area contributed by atoms with Gasteiger partial charge in [-0.2, -0.15) is 5.10 Å². The van der Waals surface area contributed by atoms with E-state index in [4.69, 9.17) is 0 Å². The number of ketones is 1. The van der Waals surface area contributed by atoms with Crippen molar-refractivity contribution in [3.05, 3.63) is 53.0 Å². The van der Waals surface area contributed by atoms with E-state index >= 15 is 0 Å². The molecule has 0 aliphatic carbocycles. The second-order valence-electron chi connectivity index (χ2n) is 6.17. The van der Waals surface area contributed by atoms with Crippen LogP contribution in [0.25, 0.3) is 10.9 Å². The van der Waals surface area contributed by atoms with Gasteiger partial charge < -0.3 is 5.32 Å². The fourth-order valence-electron chi connectivity index (χ4n) is 3.00. The van der Waals surface area contributed by atoms with Gasteiger partial charge in [0.05, 0.1) is 16.8 Å². The highest BCUT2D eigenvalue weighted by molar-refractivity contribution is 5.97. The molecular formula is C19H20N4O2. The molecule has 0 aliphatic rings. The van der Waals surface area contributed by atoms with E-state index in [0.717, 1.165) is 16.6 Å². The summed E-state index contributed by atoms with van der Waals surface area (Å²) in [5.41, 5.74) is 4.48. The van der Waals surface area contributed by atoms with Crippen LogP contribution in [0.3, 0.4) is 0 Å². The maximum Gasteiger partial charge on any atom is 0.246 e. The minimum absolute atomic E-state index is 0.0426. The Bertz CT molecular complexity index is 988. The SMILES string of the molecule is CC(=O)c1c(C)nn(CC(=O)Nc2ccc3nc(C)ccc3c2)c1C. The van der Waals surface area contributed by atoms with Crippen molar-refractivity contribution < 1.29 is 9.59 Å². The lowest BCUT2D eigenvalue weighted by atomic mass is 10.1. The molecule has 0 atom stereocenters. The highest BCUT2D eigenvalue weighted by Crippen LogP contribution is 2.18. The minimum atomic E-state index is -0.194. The van der Waals surface area contributed by atoms with Crippen LogP contribution in [-0.2, 0) is 11.3 Å². The molecule has 0 unspecified atom stereocenters. The third-order valence-electron chi connectivity index (χ3n) is 4.14. The lowest BCUT2D eigenvalue weighted by molar-refractivity contribution is -0.116. The van der Waals surface area contributed by atoms with Crippen LogP contribution >= 0.6 is 0 Å². The van der Waals surface area contributed by atoms with Crippen LogP contribution in [0.15, 0.2) is 30.3 Å². The summed E-state index contributed by atoms with van der Waals surface area (Å²) >= 11 is 0. The Balaban J connectivity index is 1.78. The number of Topliss-reactive ketones (excluding diaryl/α,β-unsaturated/α-hetero) is 1. The van der Waals surface area contributed by atoms with Crippen LogP contribution in [-0.4, -0.2) is 26.5 Å². The molecule has 0 bridgehead atoms. The van der Waals surface area contributed by atoms with E-state index in [-0.39, 0.29) is 18.2 Å². The van der Waals surface area contributed by atoms with Crippen LogP contribution in [0, 0.1) is 20.8 Å². The van der Waals surface area contributed by atoms with Gasteiger partial charge in [-0.1, -0.05) is 6.07 Å². The summed E-state index contributed by atoms with van der Waals surface area (Å²) in [6.07, 6.45) is 0. The van der Waals surface area contributed by atoms with Crippen molar-refractivity contribution >= 4 is 28.3 Å². The predicted molar refractivity (Wildman–Crippen MR) is 96.8 cm³/mol. The number of hydrogen-bond acceptors (Lipinski definition) is 4. The molecular weight excluding hydrogens is 316 g/mol. The highest BCUT2D eigenvalue weighted by atomic mass is 16.2. The summed E-state index contributed by atoms with van der Waals surface area (Å²) in [5.74, 6) is -0.237. The van der Waals surface area contributed by atoms with Crippen molar-refractivity contribution in [3.8, 4) is 0 Å². The third kappa shape index (κ3) is 3.42. The molecule has 0 saturated carbocycles. The fraction of sp³-hybridized carbons (Fsp3) is 0.263. The van der Waals surface area contributed by atoms with E-state index in [9.17, 15) is 9.59 Å². The molecule has 1 aromatic carbocycles.